The normalized spacial score (nSPS) is 18.4. The maximum Gasteiger partial charge on any atom is 0.165 e. The second-order valence-corrected chi connectivity index (χ2v) is 6.06. The summed E-state index contributed by atoms with van der Waals surface area (Å²) >= 11 is 0. The number of hydrogen-bond acceptors (Lipinski definition) is 3. The molecule has 0 aliphatic carbocycles. The topological polar surface area (TPSA) is 30.5 Å². The summed E-state index contributed by atoms with van der Waals surface area (Å²) in [7, 11) is 0. The SMILES string of the molecule is CC(C)CNCc1ccc(OCCC2CCCO2)c(F)c1. The van der Waals surface area contributed by atoms with E-state index in [-0.39, 0.29) is 11.9 Å². The first-order chi connectivity index (χ1) is 10.1. The van der Waals surface area contributed by atoms with Gasteiger partial charge in [0.25, 0.3) is 0 Å². The molecule has 1 aliphatic heterocycles. The van der Waals surface area contributed by atoms with E-state index in [1.165, 1.54) is 0 Å². The molecule has 1 aromatic rings. The molecule has 1 aliphatic rings. The van der Waals surface area contributed by atoms with Crippen LogP contribution in [0, 0.1) is 11.7 Å². The van der Waals surface area contributed by atoms with Crippen molar-refractivity contribution in [3.8, 4) is 5.75 Å². The lowest BCUT2D eigenvalue weighted by atomic mass is 10.2. The lowest BCUT2D eigenvalue weighted by Gasteiger charge is -2.12. The summed E-state index contributed by atoms with van der Waals surface area (Å²) in [5, 5.41) is 3.30. The number of nitrogens with one attached hydrogen (secondary N) is 1. The Bertz CT molecular complexity index is 431. The Hall–Kier alpha value is -1.13. The zero-order valence-electron chi connectivity index (χ0n) is 13.0. The quantitative estimate of drug-likeness (QED) is 0.796. The molecule has 1 fully saturated rings. The van der Waals surface area contributed by atoms with Gasteiger partial charge in [-0.05, 0) is 43.0 Å². The average Bonchev–Trinajstić information content (AvgIpc) is 2.94. The number of ether oxygens (including phenoxy) is 2. The molecule has 1 saturated heterocycles. The summed E-state index contributed by atoms with van der Waals surface area (Å²) in [6.45, 7) is 7.27. The van der Waals surface area contributed by atoms with E-state index < -0.39 is 0 Å². The minimum Gasteiger partial charge on any atom is -0.490 e. The Morgan fingerprint density at radius 3 is 2.95 bits per heavy atom. The molecule has 1 N–H and O–H groups in total. The first-order valence-electron chi connectivity index (χ1n) is 7.88. The molecule has 0 saturated carbocycles. The maximum absolute atomic E-state index is 14.0. The first kappa shape index (κ1) is 16.2. The fourth-order valence-electron chi connectivity index (χ4n) is 2.45. The fourth-order valence-corrected chi connectivity index (χ4v) is 2.45. The molecule has 21 heavy (non-hydrogen) atoms. The average molecular weight is 295 g/mol. The predicted octanol–water partition coefficient (Wildman–Crippen LogP) is 3.52. The van der Waals surface area contributed by atoms with Gasteiger partial charge in [0.15, 0.2) is 11.6 Å². The predicted molar refractivity (Wildman–Crippen MR) is 82.0 cm³/mol. The van der Waals surface area contributed by atoms with Crippen LogP contribution in [0.5, 0.6) is 5.75 Å². The molecule has 0 amide bonds. The van der Waals surface area contributed by atoms with Crippen molar-refractivity contribution in [2.45, 2.75) is 45.8 Å². The highest BCUT2D eigenvalue weighted by atomic mass is 19.1. The molecule has 1 aromatic carbocycles. The molecule has 1 heterocycles. The molecule has 3 nitrogen and oxygen atoms in total. The zero-order chi connectivity index (χ0) is 15.1. The van der Waals surface area contributed by atoms with Crippen LogP contribution in [0.15, 0.2) is 18.2 Å². The third-order valence-electron chi connectivity index (χ3n) is 3.60. The van der Waals surface area contributed by atoms with Crippen LogP contribution in [0.2, 0.25) is 0 Å². The van der Waals surface area contributed by atoms with Crippen molar-refractivity contribution in [1.82, 2.24) is 5.32 Å². The highest BCUT2D eigenvalue weighted by Crippen LogP contribution is 2.20. The van der Waals surface area contributed by atoms with E-state index in [1.807, 2.05) is 6.07 Å². The van der Waals surface area contributed by atoms with Gasteiger partial charge in [0.05, 0.1) is 12.7 Å². The fraction of sp³-hybridized carbons (Fsp3) is 0.647. The van der Waals surface area contributed by atoms with Crippen molar-refractivity contribution < 1.29 is 13.9 Å². The second kappa shape index (κ2) is 8.35. The van der Waals surface area contributed by atoms with Crippen LogP contribution >= 0.6 is 0 Å². The summed E-state index contributed by atoms with van der Waals surface area (Å²) in [6, 6.07) is 5.18. The number of hydrogen-bond donors (Lipinski definition) is 1. The molecule has 1 atom stereocenters. The van der Waals surface area contributed by atoms with E-state index in [2.05, 4.69) is 19.2 Å². The van der Waals surface area contributed by atoms with Crippen LogP contribution in [0.1, 0.15) is 38.7 Å². The Morgan fingerprint density at radius 1 is 1.43 bits per heavy atom. The molecule has 1 unspecified atom stereocenters. The van der Waals surface area contributed by atoms with Crippen molar-refractivity contribution in [1.29, 1.82) is 0 Å². The van der Waals surface area contributed by atoms with Gasteiger partial charge >= 0.3 is 0 Å². The molecule has 0 bridgehead atoms. The Morgan fingerprint density at radius 2 is 2.29 bits per heavy atom. The van der Waals surface area contributed by atoms with Gasteiger partial charge in [0, 0.05) is 19.6 Å². The van der Waals surface area contributed by atoms with Gasteiger partial charge < -0.3 is 14.8 Å². The molecule has 4 heteroatoms. The lowest BCUT2D eigenvalue weighted by Crippen LogP contribution is -2.19. The number of benzene rings is 1. The highest BCUT2D eigenvalue weighted by Gasteiger charge is 2.15. The van der Waals surface area contributed by atoms with Crippen molar-refractivity contribution in [2.75, 3.05) is 19.8 Å². The Labute approximate surface area is 126 Å². The molecule has 0 aromatic heterocycles. The summed E-state index contributed by atoms with van der Waals surface area (Å²) < 4.78 is 25.0. The van der Waals surface area contributed by atoms with Crippen molar-refractivity contribution in [3.05, 3.63) is 29.6 Å². The van der Waals surface area contributed by atoms with E-state index in [0.717, 1.165) is 38.0 Å². The summed E-state index contributed by atoms with van der Waals surface area (Å²) in [6.07, 6.45) is 3.33. The van der Waals surface area contributed by atoms with Gasteiger partial charge in [-0.15, -0.1) is 0 Å². The van der Waals surface area contributed by atoms with Gasteiger partial charge in [-0.25, -0.2) is 4.39 Å². The summed E-state index contributed by atoms with van der Waals surface area (Å²) in [5.74, 6) is 0.641. The number of rotatable bonds is 8. The van der Waals surface area contributed by atoms with E-state index in [1.54, 1.807) is 12.1 Å². The molecule has 2 rings (SSSR count). The van der Waals surface area contributed by atoms with E-state index in [0.29, 0.717) is 24.8 Å². The first-order valence-corrected chi connectivity index (χ1v) is 7.88. The Balaban J connectivity index is 1.75. The number of halogens is 1. The van der Waals surface area contributed by atoms with E-state index in [4.69, 9.17) is 9.47 Å². The molecule has 0 spiro atoms. The van der Waals surface area contributed by atoms with Crippen LogP contribution < -0.4 is 10.1 Å². The smallest absolute Gasteiger partial charge is 0.165 e. The van der Waals surface area contributed by atoms with Crippen molar-refractivity contribution in [2.24, 2.45) is 5.92 Å². The third-order valence-corrected chi connectivity index (χ3v) is 3.60. The molecule has 0 radical (unpaired) electrons. The second-order valence-electron chi connectivity index (χ2n) is 6.06. The van der Waals surface area contributed by atoms with Crippen LogP contribution in [0.25, 0.3) is 0 Å². The van der Waals surface area contributed by atoms with Crippen LogP contribution in [0.3, 0.4) is 0 Å². The van der Waals surface area contributed by atoms with Crippen molar-refractivity contribution >= 4 is 0 Å². The van der Waals surface area contributed by atoms with Gasteiger partial charge in [-0.2, -0.15) is 0 Å². The van der Waals surface area contributed by atoms with Crippen LogP contribution in [0.4, 0.5) is 4.39 Å². The summed E-state index contributed by atoms with van der Waals surface area (Å²) in [4.78, 5) is 0. The molecule has 118 valence electrons. The third kappa shape index (κ3) is 5.64. The largest absolute Gasteiger partial charge is 0.490 e. The maximum atomic E-state index is 14.0. The van der Waals surface area contributed by atoms with Crippen LogP contribution in [-0.2, 0) is 11.3 Å². The van der Waals surface area contributed by atoms with E-state index in [9.17, 15) is 4.39 Å². The lowest BCUT2D eigenvalue weighted by molar-refractivity contribution is 0.0897. The van der Waals surface area contributed by atoms with Gasteiger partial charge in [-0.3, -0.25) is 0 Å². The molecular formula is C17H26FNO2. The van der Waals surface area contributed by atoms with Gasteiger partial charge in [0.2, 0.25) is 0 Å². The minimum atomic E-state index is -0.286. The minimum absolute atomic E-state index is 0.285. The summed E-state index contributed by atoms with van der Waals surface area (Å²) in [5.41, 5.74) is 0.944. The van der Waals surface area contributed by atoms with Gasteiger partial charge in [0.1, 0.15) is 0 Å². The zero-order valence-corrected chi connectivity index (χ0v) is 13.0. The molecular weight excluding hydrogens is 269 g/mol. The standard InChI is InChI=1S/C17H26FNO2/c1-13(2)11-19-12-14-5-6-17(16(18)10-14)21-9-7-15-4-3-8-20-15/h5-6,10,13,15,19H,3-4,7-9,11-12H2,1-2H3. The Kier molecular flexibility index (Phi) is 6.46. The van der Waals surface area contributed by atoms with Crippen LogP contribution in [-0.4, -0.2) is 25.9 Å². The van der Waals surface area contributed by atoms with E-state index >= 15 is 0 Å². The van der Waals surface area contributed by atoms with Crippen molar-refractivity contribution in [3.63, 3.8) is 0 Å². The monoisotopic (exact) mass is 295 g/mol. The van der Waals surface area contributed by atoms with Gasteiger partial charge in [-0.1, -0.05) is 19.9 Å². The highest BCUT2D eigenvalue weighted by molar-refractivity contribution is 5.29.